The van der Waals surface area contributed by atoms with Crippen molar-refractivity contribution >= 4 is 46.1 Å². The summed E-state index contributed by atoms with van der Waals surface area (Å²) in [5.41, 5.74) is 9.01. The van der Waals surface area contributed by atoms with Gasteiger partial charge < -0.3 is 5.11 Å². The SMILES string of the molecule is CCC(=C(c1ccc(C=CC(=O)O)cc1)c1ccc(-c2cncs2)cc1)c1ccncc1Cl. The number of aromatic nitrogens is 2. The molecule has 0 bridgehead atoms. The van der Waals surface area contributed by atoms with Crippen molar-refractivity contribution in [1.29, 1.82) is 0 Å². The zero-order valence-electron chi connectivity index (χ0n) is 17.9. The Balaban J connectivity index is 1.85. The van der Waals surface area contributed by atoms with Crippen LogP contribution in [0.2, 0.25) is 5.02 Å². The normalized spacial score (nSPS) is 12.1. The number of hydrogen-bond donors (Lipinski definition) is 1. The molecular formula is C27H21ClN2O2S. The lowest BCUT2D eigenvalue weighted by Gasteiger charge is -2.17. The molecule has 0 aliphatic heterocycles. The van der Waals surface area contributed by atoms with Crippen LogP contribution in [-0.4, -0.2) is 21.0 Å². The molecule has 33 heavy (non-hydrogen) atoms. The van der Waals surface area contributed by atoms with Crippen LogP contribution in [-0.2, 0) is 4.79 Å². The maximum atomic E-state index is 10.8. The molecule has 1 N–H and O–H groups in total. The number of carboxylic acids is 1. The third-order valence-electron chi connectivity index (χ3n) is 5.26. The molecule has 4 nitrogen and oxygen atoms in total. The highest BCUT2D eigenvalue weighted by atomic mass is 35.5. The molecule has 2 heterocycles. The van der Waals surface area contributed by atoms with Crippen molar-refractivity contribution in [3.63, 3.8) is 0 Å². The molecule has 0 atom stereocenters. The number of thiazole rings is 1. The maximum Gasteiger partial charge on any atom is 0.328 e. The van der Waals surface area contributed by atoms with E-state index in [4.69, 9.17) is 16.7 Å². The highest BCUT2D eigenvalue weighted by Crippen LogP contribution is 2.37. The molecule has 6 heteroatoms. The predicted molar refractivity (Wildman–Crippen MR) is 136 cm³/mol. The van der Waals surface area contributed by atoms with Crippen molar-refractivity contribution in [3.8, 4) is 10.4 Å². The van der Waals surface area contributed by atoms with E-state index in [0.717, 1.165) is 56.3 Å². The van der Waals surface area contributed by atoms with Crippen LogP contribution in [0.4, 0.5) is 0 Å². The Kier molecular flexibility index (Phi) is 7.13. The molecule has 0 aliphatic carbocycles. The van der Waals surface area contributed by atoms with Crippen LogP contribution in [0.25, 0.3) is 27.7 Å². The number of hydrogen-bond acceptors (Lipinski definition) is 4. The lowest BCUT2D eigenvalue weighted by atomic mass is 9.88. The Morgan fingerprint density at radius 3 is 2.27 bits per heavy atom. The van der Waals surface area contributed by atoms with Gasteiger partial charge in [0.1, 0.15) is 0 Å². The number of allylic oxidation sites excluding steroid dienone is 1. The van der Waals surface area contributed by atoms with Gasteiger partial charge in [-0.05, 0) is 57.5 Å². The summed E-state index contributed by atoms with van der Waals surface area (Å²) in [6, 6.07) is 18.3. The topological polar surface area (TPSA) is 63.1 Å². The Morgan fingerprint density at radius 2 is 1.70 bits per heavy atom. The molecule has 0 saturated carbocycles. The molecule has 0 fully saturated rings. The molecule has 4 rings (SSSR count). The van der Waals surface area contributed by atoms with Gasteiger partial charge in [0.15, 0.2) is 0 Å². The lowest BCUT2D eigenvalue weighted by molar-refractivity contribution is -0.131. The average Bonchev–Trinajstić information content (AvgIpc) is 3.38. The monoisotopic (exact) mass is 472 g/mol. The summed E-state index contributed by atoms with van der Waals surface area (Å²) in [6.45, 7) is 2.11. The van der Waals surface area contributed by atoms with Gasteiger partial charge in [-0.3, -0.25) is 9.97 Å². The van der Waals surface area contributed by atoms with Gasteiger partial charge in [-0.25, -0.2) is 4.79 Å². The first kappa shape index (κ1) is 22.6. The van der Waals surface area contributed by atoms with Gasteiger partial charge >= 0.3 is 5.97 Å². The molecule has 0 saturated heterocycles. The molecule has 0 unspecified atom stereocenters. The zero-order chi connectivity index (χ0) is 23.2. The molecular weight excluding hydrogens is 452 g/mol. The van der Waals surface area contributed by atoms with E-state index in [9.17, 15) is 4.79 Å². The van der Waals surface area contributed by atoms with Crippen molar-refractivity contribution in [2.45, 2.75) is 13.3 Å². The highest BCUT2D eigenvalue weighted by Gasteiger charge is 2.15. The Labute approximate surface area is 201 Å². The summed E-state index contributed by atoms with van der Waals surface area (Å²) in [5, 5.41) is 9.50. The molecule has 164 valence electrons. The number of nitrogens with zero attached hydrogens (tertiary/aromatic N) is 2. The smallest absolute Gasteiger partial charge is 0.328 e. The van der Waals surface area contributed by atoms with E-state index in [1.807, 2.05) is 42.0 Å². The van der Waals surface area contributed by atoms with Gasteiger partial charge in [-0.1, -0.05) is 67.1 Å². The number of benzene rings is 2. The van der Waals surface area contributed by atoms with Crippen molar-refractivity contribution < 1.29 is 9.90 Å². The van der Waals surface area contributed by atoms with Gasteiger partial charge in [-0.2, -0.15) is 0 Å². The quantitative estimate of drug-likeness (QED) is 0.286. The average molecular weight is 473 g/mol. The van der Waals surface area contributed by atoms with Gasteiger partial charge in [-0.15, -0.1) is 11.3 Å². The van der Waals surface area contributed by atoms with E-state index in [1.54, 1.807) is 29.8 Å². The first-order chi connectivity index (χ1) is 16.1. The third-order valence-corrected chi connectivity index (χ3v) is 6.38. The van der Waals surface area contributed by atoms with Crippen molar-refractivity contribution in [3.05, 3.63) is 112 Å². The minimum absolute atomic E-state index is 0.606. The first-order valence-corrected chi connectivity index (χ1v) is 11.7. The summed E-state index contributed by atoms with van der Waals surface area (Å²) in [6.07, 6.45) is 8.78. The summed E-state index contributed by atoms with van der Waals surface area (Å²) in [4.78, 5) is 20.3. The van der Waals surface area contributed by atoms with Gasteiger partial charge in [0.25, 0.3) is 0 Å². The molecule has 0 amide bonds. The molecule has 2 aromatic carbocycles. The van der Waals surface area contributed by atoms with Gasteiger partial charge in [0.2, 0.25) is 0 Å². The van der Waals surface area contributed by atoms with Crippen LogP contribution in [0.1, 0.15) is 35.6 Å². The maximum absolute atomic E-state index is 10.8. The van der Waals surface area contributed by atoms with E-state index in [-0.39, 0.29) is 0 Å². The lowest BCUT2D eigenvalue weighted by Crippen LogP contribution is -1.96. The summed E-state index contributed by atoms with van der Waals surface area (Å²) in [5.74, 6) is -0.971. The second-order valence-corrected chi connectivity index (χ2v) is 8.59. The number of rotatable bonds is 7. The molecule has 0 radical (unpaired) electrons. The molecule has 2 aromatic heterocycles. The van der Waals surface area contributed by atoms with E-state index in [1.165, 1.54) is 0 Å². The second-order valence-electron chi connectivity index (χ2n) is 7.30. The number of aliphatic carboxylic acids is 1. The van der Waals surface area contributed by atoms with E-state index in [0.29, 0.717) is 5.02 Å². The number of carboxylic acid groups (broad SMARTS) is 1. The highest BCUT2D eigenvalue weighted by molar-refractivity contribution is 7.13. The van der Waals surface area contributed by atoms with Crippen molar-refractivity contribution in [2.24, 2.45) is 0 Å². The Bertz CT molecular complexity index is 1310. The summed E-state index contributed by atoms with van der Waals surface area (Å²) >= 11 is 8.15. The zero-order valence-corrected chi connectivity index (χ0v) is 19.5. The largest absolute Gasteiger partial charge is 0.478 e. The van der Waals surface area contributed by atoms with Crippen LogP contribution in [0, 0.1) is 0 Å². The van der Waals surface area contributed by atoms with Gasteiger partial charge in [0, 0.05) is 24.7 Å². The van der Waals surface area contributed by atoms with Crippen LogP contribution >= 0.6 is 22.9 Å². The minimum atomic E-state index is -0.971. The van der Waals surface area contributed by atoms with Crippen molar-refractivity contribution in [1.82, 2.24) is 9.97 Å². The minimum Gasteiger partial charge on any atom is -0.478 e. The Hall–Kier alpha value is -3.54. The molecule has 0 spiro atoms. The van der Waals surface area contributed by atoms with Crippen LogP contribution in [0.15, 0.2) is 84.8 Å². The van der Waals surface area contributed by atoms with Crippen LogP contribution < -0.4 is 0 Å². The van der Waals surface area contributed by atoms with Crippen molar-refractivity contribution in [2.75, 3.05) is 0 Å². The Morgan fingerprint density at radius 1 is 1.00 bits per heavy atom. The number of halogens is 1. The second kappa shape index (κ2) is 10.4. The number of carbonyl (C=O) groups is 1. The van der Waals surface area contributed by atoms with Gasteiger partial charge in [0.05, 0.1) is 15.4 Å². The van der Waals surface area contributed by atoms with E-state index < -0.39 is 5.97 Å². The fraction of sp³-hybridized carbons (Fsp3) is 0.0741. The van der Waals surface area contributed by atoms with E-state index >= 15 is 0 Å². The fourth-order valence-corrected chi connectivity index (χ4v) is 4.59. The third kappa shape index (κ3) is 5.28. The molecule has 0 aliphatic rings. The predicted octanol–water partition coefficient (Wildman–Crippen LogP) is 7.33. The first-order valence-electron chi connectivity index (χ1n) is 10.4. The summed E-state index contributed by atoms with van der Waals surface area (Å²) in [7, 11) is 0. The fourth-order valence-electron chi connectivity index (χ4n) is 3.72. The number of pyridine rings is 1. The molecule has 4 aromatic rings. The standard InChI is InChI=1S/C27H21ClN2O2S/c1-2-22(23-13-14-29-15-24(23)28)27(20-6-3-18(4-7-20)5-12-26(31)32)21-10-8-19(9-11-21)25-16-30-17-33-25/h3-17H,2H2,1H3,(H,31,32). The summed E-state index contributed by atoms with van der Waals surface area (Å²) < 4.78 is 0. The van der Waals surface area contributed by atoms with Crippen LogP contribution in [0.5, 0.6) is 0 Å². The van der Waals surface area contributed by atoms with E-state index in [2.05, 4.69) is 41.2 Å². The van der Waals surface area contributed by atoms with Crippen LogP contribution in [0.3, 0.4) is 0 Å².